The van der Waals surface area contributed by atoms with Gasteiger partial charge >= 0.3 is 5.97 Å². The molecule has 0 fully saturated rings. The van der Waals surface area contributed by atoms with Crippen molar-refractivity contribution in [1.29, 1.82) is 0 Å². The van der Waals surface area contributed by atoms with Gasteiger partial charge in [0.15, 0.2) is 4.34 Å². The molecule has 0 aliphatic carbocycles. The molecule has 7 heteroatoms. The smallest absolute Gasteiger partial charge is 0.308 e. The lowest BCUT2D eigenvalue weighted by Crippen LogP contribution is -1.99. The zero-order valence-corrected chi connectivity index (χ0v) is 14.5. The van der Waals surface area contributed by atoms with Gasteiger partial charge in [-0.3, -0.25) is 4.79 Å². The van der Waals surface area contributed by atoms with E-state index in [1.807, 2.05) is 25.1 Å². The van der Waals surface area contributed by atoms with Crippen LogP contribution in [0.5, 0.6) is 0 Å². The summed E-state index contributed by atoms with van der Waals surface area (Å²) in [6.07, 6.45) is 0.0309. The summed E-state index contributed by atoms with van der Waals surface area (Å²) in [5.41, 5.74) is 1.83. The van der Waals surface area contributed by atoms with Crippen molar-refractivity contribution < 1.29 is 9.90 Å². The first-order chi connectivity index (χ1) is 9.45. The van der Waals surface area contributed by atoms with Crippen LogP contribution in [-0.4, -0.2) is 16.1 Å². The quantitative estimate of drug-likeness (QED) is 0.743. The van der Waals surface area contributed by atoms with Crippen molar-refractivity contribution in [2.24, 2.45) is 0 Å². The lowest BCUT2D eigenvalue weighted by atomic mass is 10.2. The Bertz CT molecular complexity index is 645. The summed E-state index contributed by atoms with van der Waals surface area (Å²) < 4.78 is 1.82. The second kappa shape index (κ2) is 6.93. The SMILES string of the molecule is Cc1nc(SCc2ccc(Br)cc2Cl)sc1CC(=O)O. The Morgan fingerprint density at radius 2 is 2.30 bits per heavy atom. The van der Waals surface area contributed by atoms with E-state index in [4.69, 9.17) is 16.7 Å². The van der Waals surface area contributed by atoms with E-state index in [2.05, 4.69) is 20.9 Å². The van der Waals surface area contributed by atoms with E-state index in [1.165, 1.54) is 11.3 Å². The molecule has 2 aromatic rings. The molecular weight excluding hydrogens is 382 g/mol. The third-order valence-corrected chi connectivity index (χ3v) is 5.75. The van der Waals surface area contributed by atoms with Crippen molar-refractivity contribution in [3.05, 3.63) is 43.8 Å². The lowest BCUT2D eigenvalue weighted by molar-refractivity contribution is -0.136. The number of halogens is 2. The zero-order valence-electron chi connectivity index (χ0n) is 10.5. The van der Waals surface area contributed by atoms with Crippen LogP contribution in [0.2, 0.25) is 5.02 Å². The largest absolute Gasteiger partial charge is 0.481 e. The van der Waals surface area contributed by atoms with Crippen LogP contribution in [0.1, 0.15) is 16.1 Å². The minimum atomic E-state index is -0.829. The van der Waals surface area contributed by atoms with Crippen molar-refractivity contribution >= 4 is 56.6 Å². The first-order valence-electron chi connectivity index (χ1n) is 5.70. The summed E-state index contributed by atoms with van der Waals surface area (Å²) >= 11 is 12.5. The van der Waals surface area contributed by atoms with Crippen molar-refractivity contribution in [2.75, 3.05) is 0 Å². The van der Waals surface area contributed by atoms with Crippen LogP contribution in [0, 0.1) is 6.92 Å². The van der Waals surface area contributed by atoms with Gasteiger partial charge in [0, 0.05) is 20.1 Å². The molecule has 0 atom stereocenters. The Balaban J connectivity index is 2.05. The monoisotopic (exact) mass is 391 g/mol. The summed E-state index contributed by atoms with van der Waals surface area (Å²) in [6.45, 7) is 1.84. The number of carboxylic acid groups (broad SMARTS) is 1. The summed E-state index contributed by atoms with van der Waals surface area (Å²) in [7, 11) is 0. The van der Waals surface area contributed by atoms with Crippen molar-refractivity contribution in [1.82, 2.24) is 4.98 Å². The molecule has 0 amide bonds. The molecular formula is C13H11BrClNO2S2. The van der Waals surface area contributed by atoms with Crippen LogP contribution < -0.4 is 0 Å². The van der Waals surface area contributed by atoms with Gasteiger partial charge in [0.2, 0.25) is 0 Å². The van der Waals surface area contributed by atoms with E-state index >= 15 is 0 Å². The number of carbonyl (C=O) groups is 1. The number of aromatic nitrogens is 1. The van der Waals surface area contributed by atoms with Gasteiger partial charge in [0.1, 0.15) is 0 Å². The van der Waals surface area contributed by atoms with Crippen molar-refractivity contribution in [3.63, 3.8) is 0 Å². The number of rotatable bonds is 5. The Morgan fingerprint density at radius 1 is 1.55 bits per heavy atom. The Morgan fingerprint density at radius 3 is 2.95 bits per heavy atom. The van der Waals surface area contributed by atoms with E-state index in [0.717, 1.165) is 24.9 Å². The minimum Gasteiger partial charge on any atom is -0.481 e. The molecule has 0 unspecified atom stereocenters. The molecule has 20 heavy (non-hydrogen) atoms. The maximum atomic E-state index is 10.7. The fourth-order valence-electron chi connectivity index (χ4n) is 1.54. The van der Waals surface area contributed by atoms with Gasteiger partial charge < -0.3 is 5.11 Å². The van der Waals surface area contributed by atoms with Gasteiger partial charge in [0.05, 0.1) is 12.1 Å². The van der Waals surface area contributed by atoms with Crippen LogP contribution in [-0.2, 0) is 17.0 Å². The molecule has 106 valence electrons. The van der Waals surface area contributed by atoms with E-state index in [0.29, 0.717) is 10.8 Å². The molecule has 0 spiro atoms. The fourth-order valence-corrected chi connectivity index (χ4v) is 4.59. The summed E-state index contributed by atoms with van der Waals surface area (Å²) in [5, 5.41) is 9.53. The Kier molecular flexibility index (Phi) is 5.49. The maximum absolute atomic E-state index is 10.7. The highest BCUT2D eigenvalue weighted by molar-refractivity contribution is 9.10. The second-order valence-corrected chi connectivity index (χ2v) is 7.71. The number of carboxylic acids is 1. The maximum Gasteiger partial charge on any atom is 0.308 e. The third kappa shape index (κ3) is 4.22. The van der Waals surface area contributed by atoms with Crippen molar-refractivity contribution in [3.8, 4) is 0 Å². The van der Waals surface area contributed by atoms with Crippen LogP contribution in [0.3, 0.4) is 0 Å². The van der Waals surface area contributed by atoms with Gasteiger partial charge in [-0.25, -0.2) is 4.98 Å². The molecule has 0 bridgehead atoms. The van der Waals surface area contributed by atoms with Gasteiger partial charge in [0.25, 0.3) is 0 Å². The molecule has 3 nitrogen and oxygen atoms in total. The summed E-state index contributed by atoms with van der Waals surface area (Å²) in [4.78, 5) is 15.9. The highest BCUT2D eigenvalue weighted by Crippen LogP contribution is 2.32. The highest BCUT2D eigenvalue weighted by Gasteiger charge is 2.12. The molecule has 1 aromatic heterocycles. The third-order valence-electron chi connectivity index (χ3n) is 2.55. The van der Waals surface area contributed by atoms with Gasteiger partial charge in [-0.05, 0) is 24.6 Å². The topological polar surface area (TPSA) is 50.2 Å². The van der Waals surface area contributed by atoms with Crippen molar-refractivity contribution in [2.45, 2.75) is 23.4 Å². The van der Waals surface area contributed by atoms with E-state index in [9.17, 15) is 4.79 Å². The van der Waals surface area contributed by atoms with E-state index in [1.54, 1.807) is 11.8 Å². The van der Waals surface area contributed by atoms with Gasteiger partial charge in [-0.1, -0.05) is 45.4 Å². The normalized spacial score (nSPS) is 10.8. The average Bonchev–Trinajstić information content (AvgIpc) is 2.68. The number of nitrogens with zero attached hydrogens (tertiary/aromatic N) is 1. The van der Waals surface area contributed by atoms with E-state index < -0.39 is 5.97 Å². The van der Waals surface area contributed by atoms with Crippen LogP contribution in [0.15, 0.2) is 27.0 Å². The van der Waals surface area contributed by atoms with Crippen LogP contribution >= 0.6 is 50.6 Å². The molecule has 0 aliphatic rings. The first-order valence-corrected chi connectivity index (χ1v) is 8.68. The molecule has 1 N–H and O–H groups in total. The van der Waals surface area contributed by atoms with Gasteiger partial charge in [-0.2, -0.15) is 0 Å². The average molecular weight is 393 g/mol. The lowest BCUT2D eigenvalue weighted by Gasteiger charge is -2.02. The predicted molar refractivity (Wildman–Crippen MR) is 86.9 cm³/mol. The number of thiazole rings is 1. The minimum absolute atomic E-state index is 0.0309. The number of benzene rings is 1. The Labute approximate surface area is 138 Å². The summed E-state index contributed by atoms with van der Waals surface area (Å²) in [5.74, 6) is -0.116. The zero-order chi connectivity index (χ0) is 14.7. The fraction of sp³-hybridized carbons (Fsp3) is 0.231. The highest BCUT2D eigenvalue weighted by atomic mass is 79.9. The predicted octanol–water partition coefficient (Wildman–Crippen LogP) is 4.79. The molecule has 1 heterocycles. The van der Waals surface area contributed by atoms with E-state index in [-0.39, 0.29) is 6.42 Å². The molecule has 0 saturated carbocycles. The summed E-state index contributed by atoms with van der Waals surface area (Å²) in [6, 6.07) is 5.78. The molecule has 0 saturated heterocycles. The second-order valence-electron chi connectivity index (χ2n) is 4.08. The molecule has 1 aromatic carbocycles. The number of thioether (sulfide) groups is 1. The number of aliphatic carboxylic acids is 1. The Hall–Kier alpha value is -0.560. The number of hydrogen-bond donors (Lipinski definition) is 1. The molecule has 0 radical (unpaired) electrons. The molecule has 0 aliphatic heterocycles. The first kappa shape index (κ1) is 15.8. The number of hydrogen-bond acceptors (Lipinski definition) is 4. The standard InChI is InChI=1S/C13H11BrClNO2S2/c1-7-11(5-12(17)18)20-13(16-7)19-6-8-2-3-9(14)4-10(8)15/h2-4H,5-6H2,1H3,(H,17,18). The van der Waals surface area contributed by atoms with Gasteiger partial charge in [-0.15, -0.1) is 11.3 Å². The van der Waals surface area contributed by atoms with Crippen LogP contribution in [0.4, 0.5) is 0 Å². The molecule has 2 rings (SSSR count). The number of aryl methyl sites for hydroxylation is 1. The van der Waals surface area contributed by atoms with Crippen LogP contribution in [0.25, 0.3) is 0 Å².